The van der Waals surface area contributed by atoms with Crippen LogP contribution in [0.5, 0.6) is 5.75 Å². The molecule has 7 nitrogen and oxygen atoms in total. The van der Waals surface area contributed by atoms with Gasteiger partial charge >= 0.3 is 6.03 Å². The van der Waals surface area contributed by atoms with Crippen LogP contribution in [0.2, 0.25) is 0 Å². The lowest BCUT2D eigenvalue weighted by atomic mass is 10.1. The molecule has 0 radical (unpaired) electrons. The van der Waals surface area contributed by atoms with E-state index in [4.69, 9.17) is 9.15 Å². The summed E-state index contributed by atoms with van der Waals surface area (Å²) in [6, 6.07) is 15.0. The number of aryl methyl sites for hydroxylation is 1. The Bertz CT molecular complexity index is 1260. The first-order valence-electron chi connectivity index (χ1n) is 9.88. The molecule has 1 fully saturated rings. The number of benzene rings is 2. The third kappa shape index (κ3) is 4.22. The van der Waals surface area contributed by atoms with Crippen LogP contribution in [0, 0.1) is 6.92 Å². The highest BCUT2D eigenvalue weighted by Crippen LogP contribution is 2.31. The Hall–Kier alpha value is -3.65. The van der Waals surface area contributed by atoms with Gasteiger partial charge in [-0.2, -0.15) is 0 Å². The van der Waals surface area contributed by atoms with E-state index in [1.54, 1.807) is 36.4 Å². The molecule has 4 rings (SSSR count). The van der Waals surface area contributed by atoms with E-state index in [1.807, 2.05) is 32.0 Å². The third-order valence-corrected chi connectivity index (χ3v) is 5.45. The normalized spacial score (nSPS) is 15.3. The van der Waals surface area contributed by atoms with Crippen molar-refractivity contribution >= 4 is 45.5 Å². The highest BCUT2D eigenvalue weighted by Gasteiger charge is 2.37. The Balaban J connectivity index is 1.67. The van der Waals surface area contributed by atoms with Crippen LogP contribution >= 0.6 is 15.9 Å². The lowest BCUT2D eigenvalue weighted by Gasteiger charge is -2.26. The van der Waals surface area contributed by atoms with Crippen LogP contribution in [0.3, 0.4) is 0 Å². The highest BCUT2D eigenvalue weighted by molar-refractivity contribution is 9.10. The molecule has 1 aliphatic heterocycles. The zero-order chi connectivity index (χ0) is 22.8. The van der Waals surface area contributed by atoms with Gasteiger partial charge in [-0.1, -0.05) is 28.1 Å². The first kappa shape index (κ1) is 21.6. The second kappa shape index (κ2) is 8.84. The van der Waals surface area contributed by atoms with Gasteiger partial charge in [0, 0.05) is 16.1 Å². The van der Waals surface area contributed by atoms with Crippen molar-refractivity contribution in [3.63, 3.8) is 0 Å². The van der Waals surface area contributed by atoms with Gasteiger partial charge in [0.15, 0.2) is 0 Å². The number of ether oxygens (including phenoxy) is 1. The Labute approximate surface area is 192 Å². The molecule has 0 saturated carbocycles. The predicted octanol–water partition coefficient (Wildman–Crippen LogP) is 5.08. The van der Waals surface area contributed by atoms with Crippen LogP contribution in [-0.2, 0) is 9.59 Å². The summed E-state index contributed by atoms with van der Waals surface area (Å²) >= 11 is 3.52. The molecule has 1 saturated heterocycles. The molecule has 1 aliphatic rings. The van der Waals surface area contributed by atoms with Crippen molar-refractivity contribution in [1.29, 1.82) is 0 Å². The Morgan fingerprint density at radius 1 is 1.09 bits per heavy atom. The Morgan fingerprint density at radius 3 is 2.66 bits per heavy atom. The summed E-state index contributed by atoms with van der Waals surface area (Å²) in [7, 11) is 0. The van der Waals surface area contributed by atoms with Gasteiger partial charge in [-0.15, -0.1) is 0 Å². The van der Waals surface area contributed by atoms with Gasteiger partial charge in [0.2, 0.25) is 0 Å². The van der Waals surface area contributed by atoms with E-state index in [0.29, 0.717) is 29.6 Å². The number of nitrogens with zero attached hydrogens (tertiary/aromatic N) is 1. The maximum Gasteiger partial charge on any atom is 0.335 e. The van der Waals surface area contributed by atoms with Crippen LogP contribution in [0.15, 0.2) is 69.1 Å². The number of carbonyl (C=O) groups excluding carboxylic acids is 3. The Morgan fingerprint density at radius 2 is 1.91 bits per heavy atom. The molecule has 4 amide bonds. The minimum atomic E-state index is -0.825. The van der Waals surface area contributed by atoms with Gasteiger partial charge in [-0.3, -0.25) is 14.9 Å². The quantitative estimate of drug-likeness (QED) is 0.394. The summed E-state index contributed by atoms with van der Waals surface area (Å²) in [5.41, 5.74) is 2.01. The molecule has 0 atom stereocenters. The number of carbonyl (C=O) groups is 3. The highest BCUT2D eigenvalue weighted by atomic mass is 79.9. The maximum atomic E-state index is 13.1. The number of barbiturate groups is 1. The summed E-state index contributed by atoms with van der Waals surface area (Å²) in [6.07, 6.45) is 1.33. The van der Waals surface area contributed by atoms with E-state index in [1.165, 1.54) is 6.08 Å². The minimum Gasteiger partial charge on any atom is -0.494 e. The summed E-state index contributed by atoms with van der Waals surface area (Å²) < 4.78 is 12.2. The van der Waals surface area contributed by atoms with Crippen molar-refractivity contribution in [3.05, 3.63) is 76.0 Å². The second-order valence-electron chi connectivity index (χ2n) is 7.07. The van der Waals surface area contributed by atoms with Crippen LogP contribution in [-0.4, -0.2) is 24.5 Å². The molecule has 0 aliphatic carbocycles. The fourth-order valence-electron chi connectivity index (χ4n) is 3.31. The molecular formula is C24H19BrN2O5. The van der Waals surface area contributed by atoms with Crippen molar-refractivity contribution in [1.82, 2.24) is 5.32 Å². The number of furan rings is 1. The number of amides is 4. The fraction of sp³-hybridized carbons (Fsp3) is 0.125. The predicted molar refractivity (Wildman–Crippen MR) is 123 cm³/mol. The van der Waals surface area contributed by atoms with Gasteiger partial charge in [0.25, 0.3) is 11.8 Å². The van der Waals surface area contributed by atoms with E-state index in [9.17, 15) is 14.4 Å². The number of hydrogen-bond acceptors (Lipinski definition) is 5. The molecule has 32 heavy (non-hydrogen) atoms. The first-order chi connectivity index (χ1) is 15.4. The van der Waals surface area contributed by atoms with E-state index in [2.05, 4.69) is 21.2 Å². The number of urea groups is 1. The molecule has 1 aromatic heterocycles. The molecular weight excluding hydrogens is 476 g/mol. The van der Waals surface area contributed by atoms with Crippen molar-refractivity contribution in [3.8, 4) is 17.1 Å². The topological polar surface area (TPSA) is 88.8 Å². The number of hydrogen-bond donors (Lipinski definition) is 1. The largest absolute Gasteiger partial charge is 0.494 e. The van der Waals surface area contributed by atoms with Gasteiger partial charge in [0.1, 0.15) is 22.8 Å². The molecule has 0 unspecified atom stereocenters. The van der Waals surface area contributed by atoms with Gasteiger partial charge in [-0.05, 0) is 61.9 Å². The fourth-order valence-corrected chi connectivity index (χ4v) is 4.00. The molecule has 3 aromatic rings. The molecule has 0 bridgehead atoms. The standard InChI is InChI=1S/C24H19BrN2O5/c1-3-31-16-6-4-5-15(12-16)27-23(29)19(22(28)26-24(27)30)13-17-8-10-21(32-17)18-9-7-14(2)11-20(18)25/h4-13H,3H2,1-2H3,(H,26,28,30)/b19-13+. The van der Waals surface area contributed by atoms with E-state index in [0.717, 1.165) is 20.5 Å². The summed E-state index contributed by atoms with van der Waals surface area (Å²) in [6.45, 7) is 4.25. The average Bonchev–Trinajstić information content (AvgIpc) is 3.20. The maximum absolute atomic E-state index is 13.1. The number of nitrogens with one attached hydrogen (secondary N) is 1. The van der Waals surface area contributed by atoms with E-state index >= 15 is 0 Å². The lowest BCUT2D eigenvalue weighted by Crippen LogP contribution is -2.54. The van der Waals surface area contributed by atoms with Gasteiger partial charge < -0.3 is 9.15 Å². The second-order valence-corrected chi connectivity index (χ2v) is 7.93. The number of rotatable bonds is 5. The average molecular weight is 495 g/mol. The molecule has 2 heterocycles. The van der Waals surface area contributed by atoms with Crippen molar-refractivity contribution in [2.45, 2.75) is 13.8 Å². The zero-order valence-electron chi connectivity index (χ0n) is 17.3. The van der Waals surface area contributed by atoms with Crippen molar-refractivity contribution in [2.24, 2.45) is 0 Å². The molecule has 8 heteroatoms. The molecule has 1 N–H and O–H groups in total. The van der Waals surface area contributed by atoms with E-state index < -0.39 is 17.8 Å². The lowest BCUT2D eigenvalue weighted by molar-refractivity contribution is -0.122. The van der Waals surface area contributed by atoms with E-state index in [-0.39, 0.29) is 5.57 Å². The summed E-state index contributed by atoms with van der Waals surface area (Å²) in [5.74, 6) is -0.144. The van der Waals surface area contributed by atoms with Crippen molar-refractivity contribution in [2.75, 3.05) is 11.5 Å². The van der Waals surface area contributed by atoms with Crippen LogP contribution in [0.25, 0.3) is 17.4 Å². The minimum absolute atomic E-state index is 0.213. The summed E-state index contributed by atoms with van der Waals surface area (Å²) in [5, 5.41) is 2.20. The SMILES string of the molecule is CCOc1cccc(N2C(=O)NC(=O)/C(=C\c3ccc(-c4ccc(C)cc4Br)o3)C2=O)c1. The van der Waals surface area contributed by atoms with Crippen molar-refractivity contribution < 1.29 is 23.5 Å². The van der Waals surface area contributed by atoms with Crippen LogP contribution < -0.4 is 15.0 Å². The monoisotopic (exact) mass is 494 g/mol. The van der Waals surface area contributed by atoms with Crippen LogP contribution in [0.1, 0.15) is 18.2 Å². The van der Waals surface area contributed by atoms with Gasteiger partial charge in [0.05, 0.1) is 12.3 Å². The summed E-state index contributed by atoms with van der Waals surface area (Å²) in [4.78, 5) is 38.8. The smallest absolute Gasteiger partial charge is 0.335 e. The Kier molecular flexibility index (Phi) is 5.96. The molecule has 0 spiro atoms. The van der Waals surface area contributed by atoms with Gasteiger partial charge in [-0.25, -0.2) is 9.69 Å². The number of anilines is 1. The number of imide groups is 2. The first-order valence-corrected chi connectivity index (χ1v) is 10.7. The zero-order valence-corrected chi connectivity index (χ0v) is 18.9. The number of halogens is 1. The molecule has 2 aromatic carbocycles. The third-order valence-electron chi connectivity index (χ3n) is 4.79. The molecule has 162 valence electrons. The van der Waals surface area contributed by atoms with Crippen LogP contribution in [0.4, 0.5) is 10.5 Å².